The van der Waals surface area contributed by atoms with Crippen LogP contribution in [0.4, 0.5) is 0 Å². The Labute approximate surface area is 130 Å². The molecule has 0 aromatic heterocycles. The van der Waals surface area contributed by atoms with Gasteiger partial charge in [0.25, 0.3) is 0 Å². The van der Waals surface area contributed by atoms with Gasteiger partial charge in [0.05, 0.1) is 12.0 Å². The summed E-state index contributed by atoms with van der Waals surface area (Å²) in [7, 11) is 0. The Hall–Kier alpha value is -1.83. The summed E-state index contributed by atoms with van der Waals surface area (Å²) >= 11 is 1.88. The Morgan fingerprint density at radius 2 is 1.57 bits per heavy atom. The van der Waals surface area contributed by atoms with E-state index in [0.29, 0.717) is 0 Å². The minimum absolute atomic E-state index is 0.00719. The van der Waals surface area contributed by atoms with Gasteiger partial charge in [-0.15, -0.1) is 0 Å². The van der Waals surface area contributed by atoms with Crippen molar-refractivity contribution >= 4 is 17.5 Å². The number of benzene rings is 2. The maximum absolute atomic E-state index is 9.31. The van der Waals surface area contributed by atoms with Crippen molar-refractivity contribution in [3.8, 4) is 0 Å². The van der Waals surface area contributed by atoms with Gasteiger partial charge in [-0.3, -0.25) is 0 Å². The van der Waals surface area contributed by atoms with Crippen LogP contribution in [0.15, 0.2) is 60.7 Å². The van der Waals surface area contributed by atoms with Gasteiger partial charge in [0.15, 0.2) is 0 Å². The molecule has 0 bridgehead atoms. The predicted molar refractivity (Wildman–Crippen MR) is 90.6 cm³/mol. The fraction of sp³-hybridized carbons (Fsp3) is 0.278. The topological polar surface area (TPSA) is 36.4 Å². The first-order valence-electron chi connectivity index (χ1n) is 7.05. The maximum atomic E-state index is 9.31. The molecule has 0 atom stereocenters. The molecule has 0 aliphatic carbocycles. The van der Waals surface area contributed by atoms with Gasteiger partial charge in [0.2, 0.25) is 0 Å². The zero-order valence-electron chi connectivity index (χ0n) is 12.5. The molecule has 0 N–H and O–H groups in total. The Balaban J connectivity index is 2.01. The van der Waals surface area contributed by atoms with Gasteiger partial charge >= 0.3 is 5.71 Å². The largest absolute Gasteiger partial charge is 0.361 e. The second-order valence-electron chi connectivity index (χ2n) is 5.62. The van der Waals surface area contributed by atoms with Crippen molar-refractivity contribution in [3.63, 3.8) is 0 Å². The second kappa shape index (κ2) is 7.26. The molecule has 0 aliphatic heterocycles. The van der Waals surface area contributed by atoms with Crippen molar-refractivity contribution in [2.45, 2.75) is 30.8 Å². The zero-order valence-corrected chi connectivity index (χ0v) is 13.3. The van der Waals surface area contributed by atoms with Gasteiger partial charge in [0.1, 0.15) is 0 Å². The van der Waals surface area contributed by atoms with Gasteiger partial charge in [-0.05, 0) is 17.7 Å². The minimum Gasteiger partial charge on any atom is -0.361 e. The molecule has 21 heavy (non-hydrogen) atoms. The molecule has 0 amide bonds. The lowest BCUT2D eigenvalue weighted by Gasteiger charge is -2.22. The summed E-state index contributed by atoms with van der Waals surface area (Å²) in [6.45, 7) is 4.38. The van der Waals surface area contributed by atoms with Gasteiger partial charge in [-0.25, -0.2) is 0 Å². The van der Waals surface area contributed by atoms with E-state index < -0.39 is 0 Å². The van der Waals surface area contributed by atoms with E-state index in [1.165, 1.54) is 5.56 Å². The Kier molecular flexibility index (Phi) is 5.38. The molecule has 2 rings (SSSR count). The minimum atomic E-state index is 0.00719. The number of hydrogen-bond donors (Lipinski definition) is 0. The monoisotopic (exact) mass is 296 g/mol. The first-order chi connectivity index (χ1) is 10.1. The van der Waals surface area contributed by atoms with E-state index >= 15 is 0 Å². The third-order valence-corrected chi connectivity index (χ3v) is 4.70. The van der Waals surface area contributed by atoms with E-state index in [0.717, 1.165) is 23.4 Å². The summed E-state index contributed by atoms with van der Waals surface area (Å²) in [5.41, 5.74) is 12.3. The molecule has 3 heteroatoms. The van der Waals surface area contributed by atoms with Crippen molar-refractivity contribution in [1.29, 1.82) is 0 Å². The lowest BCUT2D eigenvalue weighted by atomic mass is 10.00. The third kappa shape index (κ3) is 4.89. The van der Waals surface area contributed by atoms with Crippen molar-refractivity contribution in [2.24, 2.45) is 0 Å². The Morgan fingerprint density at radius 3 is 2.14 bits per heavy atom. The quantitative estimate of drug-likeness (QED) is 0.428. The predicted octanol–water partition coefficient (Wildman–Crippen LogP) is 4.81. The van der Waals surface area contributed by atoms with E-state index in [2.05, 4.69) is 42.9 Å². The molecule has 0 saturated carbocycles. The van der Waals surface area contributed by atoms with Crippen LogP contribution in [0.5, 0.6) is 0 Å². The highest BCUT2D eigenvalue weighted by Crippen LogP contribution is 2.32. The molecule has 2 aromatic carbocycles. The zero-order chi connectivity index (χ0) is 15.1. The second-order valence-corrected chi connectivity index (χ2v) is 7.31. The van der Waals surface area contributed by atoms with E-state index in [-0.39, 0.29) is 4.75 Å². The van der Waals surface area contributed by atoms with Gasteiger partial charge < -0.3 is 5.53 Å². The van der Waals surface area contributed by atoms with Crippen molar-refractivity contribution in [1.82, 2.24) is 0 Å². The fourth-order valence-electron chi connectivity index (χ4n) is 2.13. The molecular weight excluding hydrogens is 276 g/mol. The number of thioether (sulfide) groups is 1. The van der Waals surface area contributed by atoms with Gasteiger partial charge in [-0.1, -0.05) is 62.4 Å². The van der Waals surface area contributed by atoms with E-state index in [4.69, 9.17) is 0 Å². The summed E-state index contributed by atoms with van der Waals surface area (Å²) in [6.07, 6.45) is 0.727. The van der Waals surface area contributed by atoms with Gasteiger partial charge in [-0.2, -0.15) is 16.6 Å². The highest BCUT2D eigenvalue weighted by atomic mass is 32.2. The summed E-state index contributed by atoms with van der Waals surface area (Å²) in [6, 6.07) is 20.3. The number of nitrogens with zero attached hydrogens (tertiary/aromatic N) is 2. The van der Waals surface area contributed by atoms with Crippen LogP contribution in [-0.4, -0.2) is 15.2 Å². The lowest BCUT2D eigenvalue weighted by Crippen LogP contribution is -2.21. The molecule has 0 fully saturated rings. The standard InChI is InChI=1S/C18H20N2S/c1-18(2,21-14-15-9-5-3-6-10-15)13-17(20-19)16-11-7-4-8-12-16/h3-12H,13-14H2,1-2H3. The van der Waals surface area contributed by atoms with Crippen LogP contribution in [-0.2, 0) is 5.75 Å². The Bertz CT molecular complexity index is 614. The van der Waals surface area contributed by atoms with Crippen molar-refractivity contribution in [3.05, 3.63) is 77.3 Å². The van der Waals surface area contributed by atoms with Crippen LogP contribution in [0.2, 0.25) is 0 Å². The molecule has 0 radical (unpaired) electrons. The SMILES string of the molecule is CC(C)(CC(=[N+]=[N-])c1ccccc1)SCc1ccccc1. The molecule has 2 nitrogen and oxygen atoms in total. The average Bonchev–Trinajstić information content (AvgIpc) is 2.53. The third-order valence-electron chi connectivity index (χ3n) is 3.29. The van der Waals surface area contributed by atoms with Gasteiger partial charge in [0, 0.05) is 10.5 Å². The van der Waals surface area contributed by atoms with Crippen LogP contribution in [0.3, 0.4) is 0 Å². The fourth-order valence-corrected chi connectivity index (χ4v) is 3.12. The molecule has 0 heterocycles. The van der Waals surface area contributed by atoms with Crippen LogP contribution < -0.4 is 0 Å². The molecular formula is C18H20N2S. The number of hydrogen-bond acceptors (Lipinski definition) is 1. The molecule has 0 spiro atoms. The van der Waals surface area contributed by atoms with E-state index in [1.54, 1.807) is 0 Å². The molecule has 0 unspecified atom stereocenters. The smallest absolute Gasteiger partial charge is 0.300 e. The number of rotatable bonds is 6. The molecule has 0 aliphatic rings. The van der Waals surface area contributed by atoms with Crippen LogP contribution in [0.1, 0.15) is 31.4 Å². The van der Waals surface area contributed by atoms with Crippen LogP contribution in [0, 0.1) is 0 Å². The summed E-state index contributed by atoms with van der Waals surface area (Å²) in [4.78, 5) is 3.50. The Morgan fingerprint density at radius 1 is 1.00 bits per heavy atom. The summed E-state index contributed by atoms with van der Waals surface area (Å²) in [5.74, 6) is 0.960. The van der Waals surface area contributed by atoms with Crippen molar-refractivity contribution < 1.29 is 4.79 Å². The normalized spacial score (nSPS) is 11.0. The first kappa shape index (κ1) is 15.6. The lowest BCUT2D eigenvalue weighted by molar-refractivity contribution is -0.00748. The van der Waals surface area contributed by atoms with Crippen LogP contribution in [0.25, 0.3) is 5.53 Å². The first-order valence-corrected chi connectivity index (χ1v) is 8.03. The van der Waals surface area contributed by atoms with Crippen molar-refractivity contribution in [2.75, 3.05) is 0 Å². The highest BCUT2D eigenvalue weighted by molar-refractivity contribution is 7.99. The highest BCUT2D eigenvalue weighted by Gasteiger charge is 2.26. The summed E-state index contributed by atoms with van der Waals surface area (Å²) < 4.78 is 0.00719. The summed E-state index contributed by atoms with van der Waals surface area (Å²) in [5, 5.41) is 0. The molecule has 108 valence electrons. The molecule has 2 aromatic rings. The van der Waals surface area contributed by atoms with E-state index in [9.17, 15) is 5.53 Å². The van der Waals surface area contributed by atoms with E-state index in [1.807, 2.05) is 48.2 Å². The molecule has 0 saturated heterocycles. The van der Waals surface area contributed by atoms with Crippen LogP contribution >= 0.6 is 11.8 Å². The average molecular weight is 296 g/mol. The maximum Gasteiger partial charge on any atom is 0.300 e.